The zero-order chi connectivity index (χ0) is 9.38. The van der Waals surface area contributed by atoms with E-state index in [1.807, 2.05) is 30.3 Å². The zero-order valence-corrected chi connectivity index (χ0v) is 7.36. The van der Waals surface area contributed by atoms with E-state index in [-0.39, 0.29) is 0 Å². The molecule has 0 fully saturated rings. The van der Waals surface area contributed by atoms with Crippen LogP contribution in [0.15, 0.2) is 36.5 Å². The Bertz CT molecular complexity index is 394. The molecule has 0 saturated heterocycles. The summed E-state index contributed by atoms with van der Waals surface area (Å²) < 4.78 is 0. The van der Waals surface area contributed by atoms with E-state index in [4.69, 9.17) is 0 Å². The van der Waals surface area contributed by atoms with Crippen LogP contribution >= 0.6 is 0 Å². The molecule has 4 heteroatoms. The Kier molecular flexibility index (Phi) is 1.41. The largest absolute Gasteiger partial charge is 0.351 e. The van der Waals surface area contributed by atoms with Crippen LogP contribution in [-0.4, -0.2) is 10.2 Å². The van der Waals surface area contributed by atoms with Gasteiger partial charge in [-0.15, -0.1) is 5.10 Å². The van der Waals surface area contributed by atoms with Gasteiger partial charge in [0.2, 0.25) is 0 Å². The summed E-state index contributed by atoms with van der Waals surface area (Å²) in [5.41, 5.74) is 3.05. The molecule has 0 atom stereocenters. The summed E-state index contributed by atoms with van der Waals surface area (Å²) >= 11 is 0. The molecule has 68 valence electrons. The molecule has 1 aromatic heterocycles. The second-order valence-electron chi connectivity index (χ2n) is 3.09. The molecular formula is C10H8N4. The maximum absolute atomic E-state index is 3.99. The van der Waals surface area contributed by atoms with Gasteiger partial charge in [-0.25, -0.2) is 0 Å². The Morgan fingerprint density at radius 3 is 2.50 bits per heavy atom. The number of benzene rings is 1. The number of hydrogen-bond acceptors (Lipinski definition) is 4. The van der Waals surface area contributed by atoms with E-state index < -0.39 is 0 Å². The molecule has 2 aromatic rings. The van der Waals surface area contributed by atoms with E-state index in [1.54, 1.807) is 6.20 Å². The van der Waals surface area contributed by atoms with Crippen LogP contribution in [0.25, 0.3) is 0 Å². The van der Waals surface area contributed by atoms with E-state index in [0.29, 0.717) is 0 Å². The van der Waals surface area contributed by atoms with Crippen LogP contribution in [0.3, 0.4) is 0 Å². The highest BCUT2D eigenvalue weighted by atomic mass is 15.2. The molecule has 14 heavy (non-hydrogen) atoms. The number of rotatable bonds is 0. The lowest BCUT2D eigenvalue weighted by atomic mass is 10.2. The quantitative estimate of drug-likeness (QED) is 0.562. The first-order valence-corrected chi connectivity index (χ1v) is 4.38. The second-order valence-corrected chi connectivity index (χ2v) is 3.09. The van der Waals surface area contributed by atoms with Crippen LogP contribution in [0.2, 0.25) is 0 Å². The zero-order valence-electron chi connectivity index (χ0n) is 7.36. The highest BCUT2D eigenvalue weighted by molar-refractivity contribution is 5.87. The van der Waals surface area contributed by atoms with Crippen molar-refractivity contribution in [2.45, 2.75) is 0 Å². The van der Waals surface area contributed by atoms with Gasteiger partial charge in [-0.05, 0) is 18.2 Å². The van der Waals surface area contributed by atoms with E-state index >= 15 is 0 Å². The maximum Gasteiger partial charge on any atom is 0.176 e. The highest BCUT2D eigenvalue weighted by Gasteiger charge is 2.13. The molecule has 2 heterocycles. The molecule has 0 radical (unpaired) electrons. The van der Waals surface area contributed by atoms with Crippen LogP contribution in [0.1, 0.15) is 0 Å². The van der Waals surface area contributed by atoms with Crippen LogP contribution < -0.4 is 10.6 Å². The molecule has 2 N–H and O–H groups in total. The predicted octanol–water partition coefficient (Wildman–Crippen LogP) is 2.28. The number of fused-ring (bicyclic) bond motifs is 2. The Morgan fingerprint density at radius 1 is 0.857 bits per heavy atom. The van der Waals surface area contributed by atoms with Gasteiger partial charge in [-0.2, -0.15) is 5.10 Å². The van der Waals surface area contributed by atoms with E-state index in [0.717, 1.165) is 22.9 Å². The Labute approximate surface area is 81.0 Å². The fourth-order valence-electron chi connectivity index (χ4n) is 1.50. The van der Waals surface area contributed by atoms with Crippen LogP contribution in [0.4, 0.5) is 22.9 Å². The van der Waals surface area contributed by atoms with Gasteiger partial charge in [0.25, 0.3) is 0 Å². The monoisotopic (exact) mass is 184 g/mol. The third-order valence-corrected chi connectivity index (χ3v) is 2.17. The van der Waals surface area contributed by atoms with Crippen molar-refractivity contribution in [3.8, 4) is 0 Å². The minimum atomic E-state index is 0.770. The van der Waals surface area contributed by atoms with Crippen molar-refractivity contribution in [3.63, 3.8) is 0 Å². The summed E-state index contributed by atoms with van der Waals surface area (Å²) in [6.07, 6.45) is 1.67. The summed E-state index contributed by atoms with van der Waals surface area (Å²) in [7, 11) is 0. The lowest BCUT2D eigenvalue weighted by molar-refractivity contribution is 1.03. The van der Waals surface area contributed by atoms with Gasteiger partial charge in [0, 0.05) is 0 Å². The van der Waals surface area contributed by atoms with Crippen molar-refractivity contribution in [2.75, 3.05) is 10.6 Å². The van der Waals surface area contributed by atoms with Crippen molar-refractivity contribution in [2.24, 2.45) is 0 Å². The van der Waals surface area contributed by atoms with Crippen molar-refractivity contribution in [3.05, 3.63) is 36.5 Å². The molecule has 0 bridgehead atoms. The van der Waals surface area contributed by atoms with Gasteiger partial charge in [0.1, 0.15) is 0 Å². The fraction of sp³-hybridized carbons (Fsp3) is 0. The highest BCUT2D eigenvalue weighted by Crippen LogP contribution is 2.35. The lowest BCUT2D eigenvalue weighted by Gasteiger charge is -2.20. The van der Waals surface area contributed by atoms with Gasteiger partial charge >= 0.3 is 0 Å². The molecule has 0 unspecified atom stereocenters. The summed E-state index contributed by atoms with van der Waals surface area (Å²) in [5, 5.41) is 14.3. The second kappa shape index (κ2) is 2.70. The van der Waals surface area contributed by atoms with Crippen molar-refractivity contribution >= 4 is 22.9 Å². The van der Waals surface area contributed by atoms with Crippen molar-refractivity contribution in [1.29, 1.82) is 0 Å². The number of nitrogens with zero attached hydrogens (tertiary/aromatic N) is 2. The first kappa shape index (κ1) is 7.32. The molecule has 0 amide bonds. The van der Waals surface area contributed by atoms with Crippen LogP contribution in [0, 0.1) is 0 Å². The summed E-state index contributed by atoms with van der Waals surface area (Å²) in [5.74, 6) is 0.770. The topological polar surface area (TPSA) is 49.8 Å². The van der Waals surface area contributed by atoms with Crippen LogP contribution in [-0.2, 0) is 0 Å². The van der Waals surface area contributed by atoms with E-state index in [9.17, 15) is 0 Å². The lowest BCUT2D eigenvalue weighted by Crippen LogP contribution is -2.07. The first-order chi connectivity index (χ1) is 6.93. The summed E-state index contributed by atoms with van der Waals surface area (Å²) in [6, 6.07) is 9.89. The Morgan fingerprint density at radius 2 is 1.64 bits per heavy atom. The molecular weight excluding hydrogens is 176 g/mol. The number of para-hydroxylation sites is 2. The molecule has 1 aliphatic rings. The molecule has 1 aromatic carbocycles. The predicted molar refractivity (Wildman–Crippen MR) is 55.0 cm³/mol. The van der Waals surface area contributed by atoms with Crippen LogP contribution in [0.5, 0.6) is 0 Å². The van der Waals surface area contributed by atoms with Gasteiger partial charge in [-0.3, -0.25) is 0 Å². The van der Waals surface area contributed by atoms with Gasteiger partial charge in [0.05, 0.1) is 23.3 Å². The Hall–Kier alpha value is -2.10. The number of aromatic nitrogens is 2. The van der Waals surface area contributed by atoms with Gasteiger partial charge < -0.3 is 10.6 Å². The molecule has 0 saturated carbocycles. The summed E-state index contributed by atoms with van der Waals surface area (Å²) in [4.78, 5) is 0. The molecule has 1 aliphatic heterocycles. The van der Waals surface area contributed by atoms with E-state index in [1.165, 1.54) is 0 Å². The SMILES string of the molecule is c1ccc2c(c1)Nc1ccnnc1N2. The fourth-order valence-corrected chi connectivity index (χ4v) is 1.50. The number of anilines is 4. The average molecular weight is 184 g/mol. The smallest absolute Gasteiger partial charge is 0.176 e. The number of hydrogen-bond donors (Lipinski definition) is 2. The minimum Gasteiger partial charge on any atom is -0.351 e. The van der Waals surface area contributed by atoms with Crippen molar-refractivity contribution in [1.82, 2.24) is 10.2 Å². The Balaban J connectivity index is 2.12. The number of nitrogens with one attached hydrogen (secondary N) is 2. The molecule has 3 rings (SSSR count). The van der Waals surface area contributed by atoms with Gasteiger partial charge in [0.15, 0.2) is 5.82 Å². The minimum absolute atomic E-state index is 0.770. The molecule has 0 spiro atoms. The third kappa shape index (κ3) is 1.01. The van der Waals surface area contributed by atoms with E-state index in [2.05, 4.69) is 20.8 Å². The standard InChI is InChI=1S/C10H8N4/c1-2-4-8-7(3-1)12-9-5-6-11-14-10(9)13-8/h1-6,12H,(H,13,14). The maximum atomic E-state index is 3.99. The van der Waals surface area contributed by atoms with Crippen molar-refractivity contribution < 1.29 is 0 Å². The van der Waals surface area contributed by atoms with Gasteiger partial charge in [-0.1, -0.05) is 12.1 Å². The summed E-state index contributed by atoms with van der Waals surface area (Å²) in [6.45, 7) is 0. The average Bonchev–Trinajstić information content (AvgIpc) is 2.26. The first-order valence-electron chi connectivity index (χ1n) is 4.38. The third-order valence-electron chi connectivity index (χ3n) is 2.17. The molecule has 4 nitrogen and oxygen atoms in total. The molecule has 0 aliphatic carbocycles. The normalized spacial score (nSPS) is 12.0.